The lowest BCUT2D eigenvalue weighted by atomic mass is 9.92. The van der Waals surface area contributed by atoms with E-state index in [4.69, 9.17) is 0 Å². The summed E-state index contributed by atoms with van der Waals surface area (Å²) < 4.78 is 15.3. The van der Waals surface area contributed by atoms with E-state index in [1.165, 1.54) is 12.1 Å². The molecule has 26 heavy (non-hydrogen) atoms. The second-order valence-electron chi connectivity index (χ2n) is 6.36. The van der Waals surface area contributed by atoms with Gasteiger partial charge in [-0.25, -0.2) is 14.4 Å². The van der Waals surface area contributed by atoms with E-state index < -0.39 is 0 Å². The Kier molecular flexibility index (Phi) is 4.21. The van der Waals surface area contributed by atoms with Crippen molar-refractivity contribution in [1.82, 2.24) is 9.55 Å². The predicted octanol–water partition coefficient (Wildman–Crippen LogP) is 4.27. The van der Waals surface area contributed by atoms with Crippen LogP contribution >= 0.6 is 0 Å². The second kappa shape index (κ2) is 6.67. The van der Waals surface area contributed by atoms with E-state index in [9.17, 15) is 9.18 Å². The zero-order chi connectivity index (χ0) is 18.1. The standard InChI is InChI=1S/C21H18FN3O/c1-2-18-20(26)12-16-11-15(5-8-19(16)24-18)21(25-10-9-23-13-25)14-3-6-17(22)7-4-14/h3-11,13,21H,2,12H2,1H3. The maximum Gasteiger partial charge on any atom is 0.181 e. The normalized spacial score (nSPS) is 14.7. The SMILES string of the molecule is CCC1=Nc2ccc(C(c3ccc(F)cc3)n3ccnc3)cc2CC1=O. The van der Waals surface area contributed by atoms with Gasteiger partial charge in [-0.2, -0.15) is 0 Å². The van der Waals surface area contributed by atoms with Gasteiger partial charge in [0.25, 0.3) is 0 Å². The molecule has 1 unspecified atom stereocenters. The minimum absolute atomic E-state index is 0.0816. The van der Waals surface area contributed by atoms with Crippen LogP contribution in [-0.2, 0) is 11.2 Å². The smallest absolute Gasteiger partial charge is 0.181 e. The molecular weight excluding hydrogens is 329 g/mol. The van der Waals surface area contributed by atoms with Crippen molar-refractivity contribution in [3.8, 4) is 0 Å². The van der Waals surface area contributed by atoms with Gasteiger partial charge in [-0.05, 0) is 41.3 Å². The number of imidazole rings is 1. The number of fused-ring (bicyclic) bond motifs is 1. The number of Topliss-reactive ketones (excluding diaryl/α,β-unsaturated/α-hetero) is 1. The highest BCUT2D eigenvalue weighted by Crippen LogP contribution is 2.32. The van der Waals surface area contributed by atoms with E-state index in [2.05, 4.69) is 9.98 Å². The predicted molar refractivity (Wildman–Crippen MR) is 98.4 cm³/mol. The Bertz CT molecular complexity index is 975. The Morgan fingerprint density at radius 3 is 2.62 bits per heavy atom. The topological polar surface area (TPSA) is 47.2 Å². The van der Waals surface area contributed by atoms with Gasteiger partial charge in [0.1, 0.15) is 5.82 Å². The van der Waals surface area contributed by atoms with Crippen LogP contribution in [0, 0.1) is 5.82 Å². The van der Waals surface area contributed by atoms with Crippen molar-refractivity contribution in [2.24, 2.45) is 4.99 Å². The maximum absolute atomic E-state index is 13.4. The number of hydrogen-bond donors (Lipinski definition) is 0. The van der Waals surface area contributed by atoms with Crippen molar-refractivity contribution < 1.29 is 9.18 Å². The fourth-order valence-corrected chi connectivity index (χ4v) is 3.39. The van der Waals surface area contributed by atoms with E-state index in [-0.39, 0.29) is 17.6 Å². The fraction of sp³-hybridized carbons (Fsp3) is 0.190. The Labute approximate surface area is 151 Å². The lowest BCUT2D eigenvalue weighted by molar-refractivity contribution is -0.112. The zero-order valence-corrected chi connectivity index (χ0v) is 14.4. The fourth-order valence-electron chi connectivity index (χ4n) is 3.39. The van der Waals surface area contributed by atoms with Gasteiger partial charge in [0.15, 0.2) is 5.78 Å². The molecule has 0 fully saturated rings. The molecular formula is C21H18FN3O. The van der Waals surface area contributed by atoms with Crippen LogP contribution in [-0.4, -0.2) is 21.0 Å². The largest absolute Gasteiger partial charge is 0.326 e. The highest BCUT2D eigenvalue weighted by molar-refractivity contribution is 6.41. The first kappa shape index (κ1) is 16.4. The van der Waals surface area contributed by atoms with Gasteiger partial charge in [0.2, 0.25) is 0 Å². The molecule has 0 saturated heterocycles. The number of ketones is 1. The molecule has 0 bridgehead atoms. The number of carbonyl (C=O) groups is 1. The summed E-state index contributed by atoms with van der Waals surface area (Å²) >= 11 is 0. The van der Waals surface area contributed by atoms with E-state index in [1.54, 1.807) is 24.7 Å². The molecule has 0 amide bonds. The summed E-state index contributed by atoms with van der Waals surface area (Å²) in [7, 11) is 0. The average Bonchev–Trinajstić information content (AvgIpc) is 3.17. The van der Waals surface area contributed by atoms with Gasteiger partial charge in [-0.1, -0.05) is 31.2 Å². The molecule has 1 aliphatic heterocycles. The van der Waals surface area contributed by atoms with Crippen LogP contribution in [0.1, 0.15) is 36.1 Å². The minimum Gasteiger partial charge on any atom is -0.326 e. The molecule has 0 saturated carbocycles. The molecule has 2 heterocycles. The van der Waals surface area contributed by atoms with Crippen LogP contribution in [0.4, 0.5) is 10.1 Å². The summed E-state index contributed by atoms with van der Waals surface area (Å²) in [6.45, 7) is 1.94. The molecule has 2 aromatic carbocycles. The summed E-state index contributed by atoms with van der Waals surface area (Å²) in [6.07, 6.45) is 6.36. The summed E-state index contributed by atoms with van der Waals surface area (Å²) in [5, 5.41) is 0. The van der Waals surface area contributed by atoms with Crippen molar-refractivity contribution in [3.05, 3.63) is 83.7 Å². The lowest BCUT2D eigenvalue weighted by Crippen LogP contribution is -2.20. The van der Waals surface area contributed by atoms with Crippen LogP contribution in [0.2, 0.25) is 0 Å². The molecule has 0 aliphatic carbocycles. The zero-order valence-electron chi connectivity index (χ0n) is 14.4. The number of nitrogens with zero attached hydrogens (tertiary/aromatic N) is 3. The molecule has 0 N–H and O–H groups in total. The van der Waals surface area contributed by atoms with Crippen molar-refractivity contribution in [1.29, 1.82) is 0 Å². The Balaban J connectivity index is 1.80. The minimum atomic E-state index is -0.268. The molecule has 0 radical (unpaired) electrons. The summed E-state index contributed by atoms with van der Waals surface area (Å²) in [6, 6.07) is 12.3. The first-order valence-electron chi connectivity index (χ1n) is 8.62. The number of aromatic nitrogens is 2. The summed E-state index contributed by atoms with van der Waals surface area (Å²) in [5.41, 5.74) is 4.38. The number of hydrogen-bond acceptors (Lipinski definition) is 3. The van der Waals surface area contributed by atoms with Crippen molar-refractivity contribution in [2.75, 3.05) is 0 Å². The molecule has 1 aliphatic rings. The molecule has 1 aromatic heterocycles. The lowest BCUT2D eigenvalue weighted by Gasteiger charge is -2.22. The molecule has 4 nitrogen and oxygen atoms in total. The molecule has 3 aromatic rings. The Hall–Kier alpha value is -3.08. The van der Waals surface area contributed by atoms with Crippen LogP contribution in [0.25, 0.3) is 0 Å². The van der Waals surface area contributed by atoms with Gasteiger partial charge >= 0.3 is 0 Å². The van der Waals surface area contributed by atoms with E-state index >= 15 is 0 Å². The molecule has 4 rings (SSSR count). The molecule has 1 atom stereocenters. The highest BCUT2D eigenvalue weighted by Gasteiger charge is 2.22. The van der Waals surface area contributed by atoms with Gasteiger partial charge < -0.3 is 4.57 Å². The third-order valence-corrected chi connectivity index (χ3v) is 4.69. The van der Waals surface area contributed by atoms with Gasteiger partial charge in [0.05, 0.1) is 23.8 Å². The Morgan fingerprint density at radius 2 is 1.92 bits per heavy atom. The van der Waals surface area contributed by atoms with Crippen LogP contribution in [0.5, 0.6) is 0 Å². The number of carbonyl (C=O) groups excluding carboxylic acids is 1. The molecule has 0 spiro atoms. The van der Waals surface area contributed by atoms with Crippen molar-refractivity contribution in [3.63, 3.8) is 0 Å². The van der Waals surface area contributed by atoms with Crippen LogP contribution in [0.15, 0.2) is 66.2 Å². The van der Waals surface area contributed by atoms with Crippen LogP contribution < -0.4 is 0 Å². The van der Waals surface area contributed by atoms with Crippen molar-refractivity contribution in [2.45, 2.75) is 25.8 Å². The molecule has 5 heteroatoms. The number of benzene rings is 2. The van der Waals surface area contributed by atoms with Gasteiger partial charge in [0, 0.05) is 18.8 Å². The first-order chi connectivity index (χ1) is 12.7. The Morgan fingerprint density at radius 1 is 1.15 bits per heavy atom. The number of rotatable bonds is 4. The summed E-state index contributed by atoms with van der Waals surface area (Å²) in [5.74, 6) is -0.186. The third-order valence-electron chi connectivity index (χ3n) is 4.69. The second-order valence-corrected chi connectivity index (χ2v) is 6.36. The van der Waals surface area contributed by atoms with Gasteiger partial charge in [-0.15, -0.1) is 0 Å². The first-order valence-corrected chi connectivity index (χ1v) is 8.62. The molecule has 130 valence electrons. The average molecular weight is 347 g/mol. The quantitative estimate of drug-likeness (QED) is 0.708. The number of aliphatic imine (C=N–C) groups is 1. The van der Waals surface area contributed by atoms with E-state index in [0.717, 1.165) is 22.4 Å². The third kappa shape index (κ3) is 2.96. The van der Waals surface area contributed by atoms with E-state index in [0.29, 0.717) is 18.6 Å². The van der Waals surface area contributed by atoms with Crippen LogP contribution in [0.3, 0.4) is 0 Å². The summed E-state index contributed by atoms with van der Waals surface area (Å²) in [4.78, 5) is 20.9. The monoisotopic (exact) mass is 347 g/mol. The highest BCUT2D eigenvalue weighted by atomic mass is 19.1. The number of halogens is 1. The van der Waals surface area contributed by atoms with E-state index in [1.807, 2.05) is 35.9 Å². The van der Waals surface area contributed by atoms with Crippen molar-refractivity contribution >= 4 is 17.2 Å². The van der Waals surface area contributed by atoms with Gasteiger partial charge in [-0.3, -0.25) is 4.79 Å². The maximum atomic E-state index is 13.4.